The second-order valence-corrected chi connectivity index (χ2v) is 6.60. The van der Waals surface area contributed by atoms with Gasteiger partial charge in [-0.05, 0) is 47.5 Å². The van der Waals surface area contributed by atoms with Gasteiger partial charge in [0.1, 0.15) is 0 Å². The molecule has 1 amide bonds. The fourth-order valence-corrected chi connectivity index (χ4v) is 3.36. The molecule has 0 unspecified atom stereocenters. The Bertz CT molecular complexity index is 1220. The fourth-order valence-electron chi connectivity index (χ4n) is 3.36. The van der Waals surface area contributed by atoms with Gasteiger partial charge in [0.05, 0.1) is 0 Å². The summed E-state index contributed by atoms with van der Waals surface area (Å²) in [6.45, 7) is 0.533. The molecule has 0 spiro atoms. The highest BCUT2D eigenvalue weighted by Gasteiger charge is 2.18. The SMILES string of the molecule is O=C1NCc2cc(Nc3nc4cccc(Cc5ccnc(O)c5)n4n3)ccc21. The van der Waals surface area contributed by atoms with E-state index in [0.717, 1.165) is 28.2 Å². The molecule has 8 nitrogen and oxygen atoms in total. The minimum Gasteiger partial charge on any atom is -0.493 e. The lowest BCUT2D eigenvalue weighted by atomic mass is 10.1. The van der Waals surface area contributed by atoms with Crippen LogP contribution in [0, 0.1) is 0 Å². The Morgan fingerprint density at radius 2 is 2.11 bits per heavy atom. The lowest BCUT2D eigenvalue weighted by Crippen LogP contribution is -2.12. The van der Waals surface area contributed by atoms with Gasteiger partial charge in [-0.2, -0.15) is 4.98 Å². The van der Waals surface area contributed by atoms with Crippen molar-refractivity contribution in [2.45, 2.75) is 13.0 Å². The first-order valence-electron chi connectivity index (χ1n) is 8.82. The maximum absolute atomic E-state index is 11.7. The van der Waals surface area contributed by atoms with Gasteiger partial charge in [-0.3, -0.25) is 4.79 Å². The molecule has 0 aliphatic carbocycles. The van der Waals surface area contributed by atoms with Crippen LogP contribution in [0.15, 0.2) is 54.7 Å². The van der Waals surface area contributed by atoms with E-state index in [1.54, 1.807) is 22.8 Å². The first kappa shape index (κ1) is 16.2. The van der Waals surface area contributed by atoms with Crippen LogP contribution in [0.25, 0.3) is 5.65 Å². The van der Waals surface area contributed by atoms with Crippen molar-refractivity contribution in [3.63, 3.8) is 0 Å². The summed E-state index contributed by atoms with van der Waals surface area (Å²) >= 11 is 0. The molecule has 4 aromatic rings. The van der Waals surface area contributed by atoms with Crippen LogP contribution in [-0.2, 0) is 13.0 Å². The molecule has 4 heterocycles. The predicted molar refractivity (Wildman–Crippen MR) is 103 cm³/mol. The van der Waals surface area contributed by atoms with Crippen molar-refractivity contribution in [3.8, 4) is 5.88 Å². The highest BCUT2D eigenvalue weighted by molar-refractivity contribution is 5.98. The van der Waals surface area contributed by atoms with E-state index in [2.05, 4.69) is 25.7 Å². The van der Waals surface area contributed by atoms with E-state index >= 15 is 0 Å². The third-order valence-corrected chi connectivity index (χ3v) is 4.68. The van der Waals surface area contributed by atoms with Gasteiger partial charge in [0, 0.05) is 42.2 Å². The van der Waals surface area contributed by atoms with Crippen LogP contribution in [-0.4, -0.2) is 30.6 Å². The predicted octanol–water partition coefficient (Wildman–Crippen LogP) is 2.41. The number of anilines is 2. The number of carbonyl (C=O) groups is 1. The highest BCUT2D eigenvalue weighted by Crippen LogP contribution is 2.23. The summed E-state index contributed by atoms with van der Waals surface area (Å²) in [5, 5.41) is 20.2. The third kappa shape index (κ3) is 2.90. The van der Waals surface area contributed by atoms with Gasteiger partial charge >= 0.3 is 0 Å². The number of amides is 1. The number of carbonyl (C=O) groups excluding carboxylic acids is 1. The molecule has 0 bridgehead atoms. The average Bonchev–Trinajstić information content (AvgIpc) is 3.26. The number of hydrogen-bond donors (Lipinski definition) is 3. The molecular weight excluding hydrogens is 356 g/mol. The molecule has 5 rings (SSSR count). The molecule has 28 heavy (non-hydrogen) atoms. The van der Waals surface area contributed by atoms with E-state index in [1.807, 2.05) is 36.4 Å². The molecule has 1 aromatic carbocycles. The standard InChI is InChI=1S/C20H16N6O2/c27-18-9-12(6-7-21-18)8-15-2-1-3-17-24-20(25-26(15)17)23-14-4-5-16-13(10-14)11-22-19(16)28/h1-7,9-10H,8,11H2,(H,21,27)(H,22,28)(H,23,25). The number of hydrogen-bond acceptors (Lipinski definition) is 6. The second-order valence-electron chi connectivity index (χ2n) is 6.60. The topological polar surface area (TPSA) is 104 Å². The van der Waals surface area contributed by atoms with Gasteiger partial charge in [-0.15, -0.1) is 5.10 Å². The van der Waals surface area contributed by atoms with Crippen LogP contribution >= 0.6 is 0 Å². The fraction of sp³-hybridized carbons (Fsp3) is 0.100. The van der Waals surface area contributed by atoms with Crippen LogP contribution in [0.3, 0.4) is 0 Å². The Balaban J connectivity index is 1.45. The number of fused-ring (bicyclic) bond motifs is 2. The molecular formula is C20H16N6O2. The number of nitrogens with one attached hydrogen (secondary N) is 2. The van der Waals surface area contributed by atoms with E-state index in [4.69, 9.17) is 0 Å². The number of rotatable bonds is 4. The number of pyridine rings is 2. The summed E-state index contributed by atoms with van der Waals surface area (Å²) in [5.74, 6) is 0.427. The molecule has 1 aliphatic rings. The molecule has 3 N–H and O–H groups in total. The van der Waals surface area contributed by atoms with Crippen molar-refractivity contribution in [2.75, 3.05) is 5.32 Å². The largest absolute Gasteiger partial charge is 0.493 e. The van der Waals surface area contributed by atoms with E-state index < -0.39 is 0 Å². The van der Waals surface area contributed by atoms with Crippen LogP contribution < -0.4 is 10.6 Å². The van der Waals surface area contributed by atoms with E-state index in [-0.39, 0.29) is 11.8 Å². The van der Waals surface area contributed by atoms with E-state index in [9.17, 15) is 9.90 Å². The van der Waals surface area contributed by atoms with Gasteiger partial charge in [0.15, 0.2) is 5.65 Å². The number of benzene rings is 1. The maximum Gasteiger partial charge on any atom is 0.251 e. The molecule has 0 fully saturated rings. The van der Waals surface area contributed by atoms with Crippen molar-refractivity contribution in [1.82, 2.24) is 24.9 Å². The van der Waals surface area contributed by atoms with Gasteiger partial charge in [-0.25, -0.2) is 9.50 Å². The van der Waals surface area contributed by atoms with Crippen LogP contribution in [0.4, 0.5) is 11.6 Å². The first-order valence-corrected chi connectivity index (χ1v) is 8.82. The minimum absolute atomic E-state index is 0.00444. The van der Waals surface area contributed by atoms with Crippen LogP contribution in [0.5, 0.6) is 5.88 Å². The van der Waals surface area contributed by atoms with Crippen molar-refractivity contribution in [1.29, 1.82) is 0 Å². The zero-order valence-electron chi connectivity index (χ0n) is 14.8. The minimum atomic E-state index is -0.0424. The number of aromatic hydroxyl groups is 1. The summed E-state index contributed by atoms with van der Waals surface area (Å²) in [6.07, 6.45) is 2.16. The summed E-state index contributed by atoms with van der Waals surface area (Å²) in [4.78, 5) is 20.0. The van der Waals surface area contributed by atoms with Crippen molar-refractivity contribution >= 4 is 23.2 Å². The Hall–Kier alpha value is -3.94. The lowest BCUT2D eigenvalue weighted by Gasteiger charge is -2.05. The lowest BCUT2D eigenvalue weighted by molar-refractivity contribution is 0.0966. The van der Waals surface area contributed by atoms with Crippen LogP contribution in [0.2, 0.25) is 0 Å². The van der Waals surface area contributed by atoms with Gasteiger partial charge < -0.3 is 15.7 Å². The molecule has 8 heteroatoms. The normalized spacial score (nSPS) is 12.8. The Morgan fingerprint density at radius 3 is 3.00 bits per heavy atom. The van der Waals surface area contributed by atoms with Crippen molar-refractivity contribution < 1.29 is 9.90 Å². The zero-order chi connectivity index (χ0) is 19.1. The van der Waals surface area contributed by atoms with E-state index in [0.29, 0.717) is 24.5 Å². The van der Waals surface area contributed by atoms with Gasteiger partial charge in [-0.1, -0.05) is 6.07 Å². The summed E-state index contributed by atoms with van der Waals surface area (Å²) in [6, 6.07) is 14.8. The van der Waals surface area contributed by atoms with E-state index in [1.165, 1.54) is 0 Å². The molecule has 138 valence electrons. The molecule has 0 saturated heterocycles. The third-order valence-electron chi connectivity index (χ3n) is 4.68. The summed E-state index contributed by atoms with van der Waals surface area (Å²) in [5.41, 5.74) is 5.07. The zero-order valence-corrected chi connectivity index (χ0v) is 14.8. The van der Waals surface area contributed by atoms with Gasteiger partial charge in [0.2, 0.25) is 11.8 Å². The van der Waals surface area contributed by atoms with Crippen LogP contribution in [0.1, 0.15) is 27.2 Å². The maximum atomic E-state index is 11.7. The molecule has 0 radical (unpaired) electrons. The first-order chi connectivity index (χ1) is 13.7. The molecule has 1 aliphatic heterocycles. The average molecular weight is 372 g/mol. The van der Waals surface area contributed by atoms with Crippen molar-refractivity contribution in [3.05, 3.63) is 77.1 Å². The highest BCUT2D eigenvalue weighted by atomic mass is 16.3. The van der Waals surface area contributed by atoms with Gasteiger partial charge in [0.25, 0.3) is 5.91 Å². The Labute approximate surface area is 159 Å². The molecule has 3 aromatic heterocycles. The molecule has 0 atom stereocenters. The smallest absolute Gasteiger partial charge is 0.251 e. The summed E-state index contributed by atoms with van der Waals surface area (Å²) in [7, 11) is 0. The van der Waals surface area contributed by atoms with Crippen molar-refractivity contribution in [2.24, 2.45) is 0 Å². The number of nitrogens with zero attached hydrogens (tertiary/aromatic N) is 4. The number of aromatic nitrogens is 4. The monoisotopic (exact) mass is 372 g/mol. The summed E-state index contributed by atoms with van der Waals surface area (Å²) < 4.78 is 1.78. The Morgan fingerprint density at radius 1 is 1.18 bits per heavy atom. The molecule has 0 saturated carbocycles. The quantitative estimate of drug-likeness (QED) is 0.508. The second kappa shape index (κ2) is 6.34. The Kier molecular flexibility index (Phi) is 3.68.